The molecule has 0 amide bonds. The molecule has 1 aliphatic heterocycles. The van der Waals surface area contributed by atoms with Crippen molar-refractivity contribution in [3.63, 3.8) is 0 Å². The van der Waals surface area contributed by atoms with Crippen molar-refractivity contribution in [1.29, 1.82) is 0 Å². The SMILES string of the molecule is COc1ncc(CN)cc1NCCN1CCN(C)CC1. The molecule has 0 aliphatic carbocycles. The van der Waals surface area contributed by atoms with E-state index in [1.54, 1.807) is 13.3 Å². The van der Waals surface area contributed by atoms with E-state index in [1.807, 2.05) is 6.07 Å². The van der Waals surface area contributed by atoms with Crippen LogP contribution in [0.2, 0.25) is 0 Å². The number of aromatic nitrogens is 1. The molecule has 0 unspecified atom stereocenters. The third kappa shape index (κ3) is 4.06. The number of methoxy groups -OCH3 is 1. The maximum absolute atomic E-state index is 5.65. The Morgan fingerprint density at radius 3 is 2.75 bits per heavy atom. The van der Waals surface area contributed by atoms with Crippen molar-refractivity contribution in [3.8, 4) is 5.88 Å². The van der Waals surface area contributed by atoms with Crippen LogP contribution in [-0.2, 0) is 6.54 Å². The second-order valence-electron chi connectivity index (χ2n) is 5.18. The molecule has 0 radical (unpaired) electrons. The molecular formula is C14H25N5O. The third-order valence-corrected chi connectivity index (χ3v) is 3.68. The molecule has 0 atom stereocenters. The maximum atomic E-state index is 5.65. The van der Waals surface area contributed by atoms with Gasteiger partial charge in [0.05, 0.1) is 12.8 Å². The van der Waals surface area contributed by atoms with E-state index in [0.29, 0.717) is 12.4 Å². The van der Waals surface area contributed by atoms with E-state index in [-0.39, 0.29) is 0 Å². The molecule has 20 heavy (non-hydrogen) atoms. The molecule has 6 nitrogen and oxygen atoms in total. The first-order chi connectivity index (χ1) is 9.72. The van der Waals surface area contributed by atoms with Crippen molar-refractivity contribution < 1.29 is 4.74 Å². The van der Waals surface area contributed by atoms with Gasteiger partial charge in [-0.15, -0.1) is 0 Å². The smallest absolute Gasteiger partial charge is 0.237 e. The number of pyridine rings is 1. The van der Waals surface area contributed by atoms with Crippen LogP contribution < -0.4 is 15.8 Å². The highest BCUT2D eigenvalue weighted by Crippen LogP contribution is 2.21. The van der Waals surface area contributed by atoms with Crippen molar-refractivity contribution in [2.45, 2.75) is 6.54 Å². The van der Waals surface area contributed by atoms with E-state index < -0.39 is 0 Å². The van der Waals surface area contributed by atoms with Gasteiger partial charge in [0.15, 0.2) is 0 Å². The number of nitrogens with zero attached hydrogens (tertiary/aromatic N) is 3. The van der Waals surface area contributed by atoms with Gasteiger partial charge in [0, 0.05) is 52.0 Å². The largest absolute Gasteiger partial charge is 0.480 e. The fraction of sp³-hybridized carbons (Fsp3) is 0.643. The number of likely N-dealkylation sites (N-methyl/N-ethyl adjacent to an activating group) is 1. The summed E-state index contributed by atoms with van der Waals surface area (Å²) in [5.74, 6) is 0.626. The number of rotatable bonds is 6. The average molecular weight is 279 g/mol. The van der Waals surface area contributed by atoms with Crippen LogP contribution in [0, 0.1) is 0 Å². The first kappa shape index (κ1) is 15.0. The van der Waals surface area contributed by atoms with Crippen LogP contribution in [0.3, 0.4) is 0 Å². The lowest BCUT2D eigenvalue weighted by atomic mass is 10.2. The monoisotopic (exact) mass is 279 g/mol. The fourth-order valence-corrected chi connectivity index (χ4v) is 2.32. The van der Waals surface area contributed by atoms with Gasteiger partial charge >= 0.3 is 0 Å². The Morgan fingerprint density at radius 2 is 2.10 bits per heavy atom. The zero-order valence-corrected chi connectivity index (χ0v) is 12.4. The number of nitrogens with one attached hydrogen (secondary N) is 1. The lowest BCUT2D eigenvalue weighted by Gasteiger charge is -2.32. The number of hydrogen-bond donors (Lipinski definition) is 2. The summed E-state index contributed by atoms with van der Waals surface area (Å²) in [6, 6.07) is 2.01. The topological polar surface area (TPSA) is 66.7 Å². The molecule has 0 spiro atoms. The molecule has 112 valence electrons. The molecular weight excluding hydrogens is 254 g/mol. The maximum Gasteiger partial charge on any atom is 0.237 e. The van der Waals surface area contributed by atoms with Crippen molar-refractivity contribution in [2.75, 3.05) is 58.7 Å². The molecule has 1 aliphatic rings. The molecule has 2 heterocycles. The zero-order chi connectivity index (χ0) is 14.4. The van der Waals surface area contributed by atoms with Gasteiger partial charge in [-0.2, -0.15) is 0 Å². The van der Waals surface area contributed by atoms with Crippen LogP contribution >= 0.6 is 0 Å². The summed E-state index contributed by atoms with van der Waals surface area (Å²) in [6.07, 6.45) is 1.75. The molecule has 0 aromatic carbocycles. The van der Waals surface area contributed by atoms with Crippen molar-refractivity contribution in [2.24, 2.45) is 5.73 Å². The summed E-state index contributed by atoms with van der Waals surface area (Å²) in [6.45, 7) is 6.97. The predicted octanol–water partition coefficient (Wildman–Crippen LogP) is 0.208. The minimum absolute atomic E-state index is 0.490. The number of anilines is 1. The van der Waals surface area contributed by atoms with Crippen LogP contribution in [0.15, 0.2) is 12.3 Å². The summed E-state index contributed by atoms with van der Waals surface area (Å²) < 4.78 is 5.27. The summed E-state index contributed by atoms with van der Waals surface area (Å²) in [4.78, 5) is 9.09. The lowest BCUT2D eigenvalue weighted by molar-refractivity contribution is 0.158. The van der Waals surface area contributed by atoms with Gasteiger partial charge < -0.3 is 20.7 Å². The van der Waals surface area contributed by atoms with Crippen molar-refractivity contribution in [1.82, 2.24) is 14.8 Å². The third-order valence-electron chi connectivity index (χ3n) is 3.68. The Labute approximate surface area is 120 Å². The standard InChI is InChI=1S/C14H25N5O/c1-18-5-7-19(8-6-18)4-3-16-13-9-12(10-15)11-17-14(13)20-2/h9,11,16H,3-8,10,15H2,1-2H3. The van der Waals surface area contributed by atoms with Gasteiger partial charge in [-0.3, -0.25) is 4.90 Å². The highest BCUT2D eigenvalue weighted by Gasteiger charge is 2.13. The molecule has 0 bridgehead atoms. The minimum Gasteiger partial charge on any atom is -0.480 e. The molecule has 0 saturated carbocycles. The lowest BCUT2D eigenvalue weighted by Crippen LogP contribution is -2.45. The van der Waals surface area contributed by atoms with Gasteiger partial charge in [-0.25, -0.2) is 4.98 Å². The molecule has 2 rings (SSSR count). The predicted molar refractivity (Wildman–Crippen MR) is 81.1 cm³/mol. The summed E-state index contributed by atoms with van der Waals surface area (Å²) in [5, 5.41) is 3.40. The normalized spacial score (nSPS) is 17.1. The quantitative estimate of drug-likeness (QED) is 0.776. The highest BCUT2D eigenvalue weighted by atomic mass is 16.5. The number of hydrogen-bond acceptors (Lipinski definition) is 6. The van der Waals surface area contributed by atoms with Crippen LogP contribution in [-0.4, -0.2) is 68.2 Å². The Bertz CT molecular complexity index is 418. The van der Waals surface area contributed by atoms with Crippen LogP contribution in [0.1, 0.15) is 5.56 Å². The Morgan fingerprint density at radius 1 is 1.35 bits per heavy atom. The van der Waals surface area contributed by atoms with E-state index in [4.69, 9.17) is 10.5 Å². The van der Waals surface area contributed by atoms with E-state index in [2.05, 4.69) is 27.1 Å². The van der Waals surface area contributed by atoms with Gasteiger partial charge in [0.1, 0.15) is 0 Å². The second-order valence-corrected chi connectivity index (χ2v) is 5.18. The molecule has 1 aromatic heterocycles. The molecule has 1 aromatic rings. The van der Waals surface area contributed by atoms with E-state index in [1.165, 1.54) is 0 Å². The Hall–Kier alpha value is -1.37. The molecule has 3 N–H and O–H groups in total. The fourth-order valence-electron chi connectivity index (χ4n) is 2.32. The van der Waals surface area contributed by atoms with Gasteiger partial charge in [0.25, 0.3) is 0 Å². The van der Waals surface area contributed by atoms with E-state index >= 15 is 0 Å². The van der Waals surface area contributed by atoms with E-state index in [9.17, 15) is 0 Å². The van der Waals surface area contributed by atoms with Gasteiger partial charge in [-0.05, 0) is 18.7 Å². The van der Waals surface area contributed by atoms with Gasteiger partial charge in [-0.1, -0.05) is 0 Å². The van der Waals surface area contributed by atoms with Crippen LogP contribution in [0.4, 0.5) is 5.69 Å². The first-order valence-electron chi connectivity index (χ1n) is 7.10. The number of ether oxygens (including phenoxy) is 1. The summed E-state index contributed by atoms with van der Waals surface area (Å²) in [7, 11) is 3.81. The molecule has 1 saturated heterocycles. The van der Waals surface area contributed by atoms with Crippen molar-refractivity contribution >= 4 is 5.69 Å². The summed E-state index contributed by atoms with van der Waals surface area (Å²) in [5.41, 5.74) is 7.58. The Balaban J connectivity index is 1.84. The van der Waals surface area contributed by atoms with Crippen LogP contribution in [0.25, 0.3) is 0 Å². The molecule has 6 heteroatoms. The number of piperazine rings is 1. The van der Waals surface area contributed by atoms with Gasteiger partial charge in [0.2, 0.25) is 5.88 Å². The first-order valence-corrected chi connectivity index (χ1v) is 7.10. The summed E-state index contributed by atoms with van der Waals surface area (Å²) >= 11 is 0. The number of nitrogens with two attached hydrogens (primary N) is 1. The van der Waals surface area contributed by atoms with Crippen LogP contribution in [0.5, 0.6) is 5.88 Å². The zero-order valence-electron chi connectivity index (χ0n) is 12.4. The minimum atomic E-state index is 0.490. The Kier molecular flexibility index (Phi) is 5.58. The van der Waals surface area contributed by atoms with E-state index in [0.717, 1.165) is 50.5 Å². The second kappa shape index (κ2) is 7.42. The molecule has 1 fully saturated rings. The van der Waals surface area contributed by atoms with Crippen molar-refractivity contribution in [3.05, 3.63) is 17.8 Å². The average Bonchev–Trinajstić information content (AvgIpc) is 2.49. The highest BCUT2D eigenvalue weighted by molar-refractivity contribution is 5.53.